The molecule has 0 N–H and O–H groups in total. The molecule has 4 nitrogen and oxygen atoms in total. The molecule has 2 rings (SSSR count). The molecule has 0 saturated carbocycles. The Kier molecular flexibility index (Phi) is 5.33. The molecule has 0 radical (unpaired) electrons. The number of methoxy groups -OCH3 is 1. The van der Waals surface area contributed by atoms with Gasteiger partial charge in [0.05, 0.1) is 6.10 Å². The maximum Gasteiger partial charge on any atom is 0.251 e. The predicted molar refractivity (Wildman–Crippen MR) is 72.9 cm³/mol. The van der Waals surface area contributed by atoms with Gasteiger partial charge in [0, 0.05) is 32.1 Å². The van der Waals surface area contributed by atoms with Gasteiger partial charge in [-0.05, 0) is 31.9 Å². The first-order chi connectivity index (χ1) is 8.72. The molecule has 5 heteroatoms. The first-order valence-electron chi connectivity index (χ1n) is 6.75. The zero-order valence-electron chi connectivity index (χ0n) is 11.3. The average molecular weight is 273 g/mol. The summed E-state index contributed by atoms with van der Waals surface area (Å²) in [6.45, 7) is 3.40. The number of hydrogen-bond acceptors (Lipinski definition) is 4. The van der Waals surface area contributed by atoms with E-state index in [-0.39, 0.29) is 18.1 Å². The van der Waals surface area contributed by atoms with Gasteiger partial charge >= 0.3 is 0 Å². The number of rotatable bonds is 5. The third kappa shape index (κ3) is 3.39. The molecule has 2 heterocycles. The summed E-state index contributed by atoms with van der Waals surface area (Å²) in [7, 11) is 1.59. The number of amides is 1. The Morgan fingerprint density at radius 3 is 2.94 bits per heavy atom. The van der Waals surface area contributed by atoms with Gasteiger partial charge in [-0.25, -0.2) is 0 Å². The van der Waals surface area contributed by atoms with Crippen LogP contribution in [0.4, 0.5) is 0 Å². The van der Waals surface area contributed by atoms with E-state index in [0.717, 1.165) is 43.9 Å². The number of hydrogen-bond donors (Lipinski definition) is 0. The minimum atomic E-state index is -0.350. The van der Waals surface area contributed by atoms with Gasteiger partial charge in [-0.2, -0.15) is 11.8 Å². The van der Waals surface area contributed by atoms with Gasteiger partial charge in [0.15, 0.2) is 0 Å². The molecule has 0 aromatic heterocycles. The Bertz CT molecular complexity index is 275. The molecule has 0 aliphatic carbocycles. The van der Waals surface area contributed by atoms with E-state index in [0.29, 0.717) is 6.04 Å². The zero-order valence-corrected chi connectivity index (χ0v) is 12.1. The third-order valence-corrected chi connectivity index (χ3v) is 4.90. The van der Waals surface area contributed by atoms with Crippen molar-refractivity contribution >= 4 is 17.7 Å². The number of ether oxygens (including phenoxy) is 2. The highest BCUT2D eigenvalue weighted by molar-refractivity contribution is 7.99. The van der Waals surface area contributed by atoms with Crippen LogP contribution in [0.15, 0.2) is 0 Å². The first-order valence-corrected chi connectivity index (χ1v) is 7.90. The molecule has 2 fully saturated rings. The van der Waals surface area contributed by atoms with Crippen molar-refractivity contribution in [2.45, 2.75) is 44.4 Å². The first kappa shape index (κ1) is 14.2. The molecule has 104 valence electrons. The molecule has 0 bridgehead atoms. The minimum Gasteiger partial charge on any atom is -0.376 e. The highest BCUT2D eigenvalue weighted by Crippen LogP contribution is 2.25. The fourth-order valence-corrected chi connectivity index (χ4v) is 3.75. The lowest BCUT2D eigenvalue weighted by Gasteiger charge is -2.32. The minimum absolute atomic E-state index is 0.112. The quantitative estimate of drug-likeness (QED) is 0.761. The van der Waals surface area contributed by atoms with Crippen molar-refractivity contribution in [3.63, 3.8) is 0 Å². The molecule has 3 unspecified atom stereocenters. The summed E-state index contributed by atoms with van der Waals surface area (Å²) in [4.78, 5) is 14.4. The maximum absolute atomic E-state index is 12.4. The lowest BCUT2D eigenvalue weighted by Crippen LogP contribution is -2.48. The zero-order chi connectivity index (χ0) is 13.0. The second-order valence-electron chi connectivity index (χ2n) is 5.02. The van der Waals surface area contributed by atoms with Crippen LogP contribution in [0, 0.1) is 0 Å². The van der Waals surface area contributed by atoms with Crippen molar-refractivity contribution < 1.29 is 14.3 Å². The number of carbonyl (C=O) groups is 1. The van der Waals surface area contributed by atoms with E-state index in [1.807, 2.05) is 23.6 Å². The molecule has 0 spiro atoms. The van der Waals surface area contributed by atoms with Crippen LogP contribution < -0.4 is 0 Å². The van der Waals surface area contributed by atoms with Gasteiger partial charge in [-0.1, -0.05) is 0 Å². The van der Waals surface area contributed by atoms with Crippen LogP contribution in [0.1, 0.15) is 26.2 Å². The largest absolute Gasteiger partial charge is 0.376 e. The Balaban J connectivity index is 1.98. The van der Waals surface area contributed by atoms with Crippen molar-refractivity contribution in [2.24, 2.45) is 0 Å². The van der Waals surface area contributed by atoms with Gasteiger partial charge in [0.1, 0.15) is 6.10 Å². The summed E-state index contributed by atoms with van der Waals surface area (Å²) < 4.78 is 10.8. The summed E-state index contributed by atoms with van der Waals surface area (Å²) in [6.07, 6.45) is 3.16. The highest BCUT2D eigenvalue weighted by Gasteiger charge is 2.32. The molecule has 2 aliphatic rings. The van der Waals surface area contributed by atoms with Crippen LogP contribution in [0.25, 0.3) is 0 Å². The van der Waals surface area contributed by atoms with E-state index >= 15 is 0 Å². The molecule has 3 atom stereocenters. The molecule has 0 aromatic rings. The van der Waals surface area contributed by atoms with E-state index in [9.17, 15) is 4.79 Å². The Morgan fingerprint density at radius 1 is 1.56 bits per heavy atom. The van der Waals surface area contributed by atoms with E-state index < -0.39 is 0 Å². The molecular weight excluding hydrogens is 250 g/mol. The van der Waals surface area contributed by atoms with E-state index in [4.69, 9.17) is 9.47 Å². The molecule has 0 aromatic carbocycles. The second-order valence-corrected chi connectivity index (χ2v) is 6.17. The molecular formula is C13H23NO3S. The summed E-state index contributed by atoms with van der Waals surface area (Å²) in [6, 6.07) is 0.365. The van der Waals surface area contributed by atoms with Crippen molar-refractivity contribution in [2.75, 3.05) is 31.8 Å². The van der Waals surface area contributed by atoms with Gasteiger partial charge in [0.25, 0.3) is 5.91 Å². The average Bonchev–Trinajstić information content (AvgIpc) is 3.06. The number of carbonyl (C=O) groups excluding carboxylic acids is 1. The van der Waals surface area contributed by atoms with E-state index in [1.54, 1.807) is 7.11 Å². The van der Waals surface area contributed by atoms with Gasteiger partial charge < -0.3 is 14.4 Å². The van der Waals surface area contributed by atoms with Crippen LogP contribution in [0.3, 0.4) is 0 Å². The maximum atomic E-state index is 12.4. The standard InChI is InChI=1S/C13H23NO3S/c1-10(16-2)13(15)14(11-5-7-18-9-11)8-12-4-3-6-17-12/h10-12H,3-9H2,1-2H3. The van der Waals surface area contributed by atoms with Gasteiger partial charge in [-0.3, -0.25) is 4.79 Å². The molecule has 2 saturated heterocycles. The third-order valence-electron chi connectivity index (χ3n) is 3.76. The summed E-state index contributed by atoms with van der Waals surface area (Å²) in [5, 5.41) is 0. The number of thioether (sulfide) groups is 1. The van der Waals surface area contributed by atoms with Crippen LogP contribution in [0.2, 0.25) is 0 Å². The van der Waals surface area contributed by atoms with Crippen LogP contribution in [-0.4, -0.2) is 60.8 Å². The van der Waals surface area contributed by atoms with Crippen LogP contribution in [0.5, 0.6) is 0 Å². The van der Waals surface area contributed by atoms with Crippen LogP contribution in [-0.2, 0) is 14.3 Å². The summed E-state index contributed by atoms with van der Waals surface area (Å²) in [5.41, 5.74) is 0. The lowest BCUT2D eigenvalue weighted by molar-refractivity contribution is -0.144. The Labute approximate surface area is 113 Å². The SMILES string of the molecule is COC(C)C(=O)N(CC1CCCO1)C1CCSC1. The summed E-state index contributed by atoms with van der Waals surface area (Å²) in [5.74, 6) is 2.32. The second kappa shape index (κ2) is 6.78. The summed E-state index contributed by atoms with van der Waals surface area (Å²) >= 11 is 1.93. The normalized spacial score (nSPS) is 29.4. The van der Waals surface area contributed by atoms with Gasteiger partial charge in [0.2, 0.25) is 0 Å². The number of nitrogens with zero attached hydrogens (tertiary/aromatic N) is 1. The highest BCUT2D eigenvalue weighted by atomic mass is 32.2. The molecule has 1 amide bonds. The predicted octanol–water partition coefficient (Wildman–Crippen LogP) is 1.53. The topological polar surface area (TPSA) is 38.8 Å². The Morgan fingerprint density at radius 2 is 2.39 bits per heavy atom. The fourth-order valence-electron chi connectivity index (χ4n) is 2.53. The smallest absolute Gasteiger partial charge is 0.251 e. The monoisotopic (exact) mass is 273 g/mol. The van der Waals surface area contributed by atoms with E-state index in [1.165, 1.54) is 0 Å². The van der Waals surface area contributed by atoms with Crippen LogP contribution >= 0.6 is 11.8 Å². The van der Waals surface area contributed by atoms with Gasteiger partial charge in [-0.15, -0.1) is 0 Å². The van der Waals surface area contributed by atoms with Crippen molar-refractivity contribution in [1.82, 2.24) is 4.90 Å². The lowest BCUT2D eigenvalue weighted by atomic mass is 10.1. The fraction of sp³-hybridized carbons (Fsp3) is 0.923. The van der Waals surface area contributed by atoms with Crippen molar-refractivity contribution in [1.29, 1.82) is 0 Å². The molecule has 2 aliphatic heterocycles. The Hall–Kier alpha value is -0.260. The van der Waals surface area contributed by atoms with Crippen molar-refractivity contribution in [3.8, 4) is 0 Å². The van der Waals surface area contributed by atoms with E-state index in [2.05, 4.69) is 0 Å². The molecule has 18 heavy (non-hydrogen) atoms. The van der Waals surface area contributed by atoms with Crippen molar-refractivity contribution in [3.05, 3.63) is 0 Å².